The Labute approximate surface area is 104 Å². The standard InChI is InChI=1S/C13H24N2O2/c1-15(11-5-3-8-14-10-11)12(16)9-13(17-2)6-4-7-13/h11,14H,3-10H2,1-2H3. The monoisotopic (exact) mass is 240 g/mol. The lowest BCUT2D eigenvalue weighted by Gasteiger charge is -2.42. The van der Waals surface area contributed by atoms with Gasteiger partial charge in [0.1, 0.15) is 0 Å². The first kappa shape index (κ1) is 12.8. The summed E-state index contributed by atoms with van der Waals surface area (Å²) < 4.78 is 5.52. The third-order valence-electron chi connectivity index (χ3n) is 4.38. The zero-order valence-electron chi connectivity index (χ0n) is 11.0. The van der Waals surface area contributed by atoms with Gasteiger partial charge in [0.25, 0.3) is 0 Å². The Kier molecular flexibility index (Phi) is 4.05. The number of hydrogen-bond donors (Lipinski definition) is 1. The largest absolute Gasteiger partial charge is 0.378 e. The van der Waals surface area contributed by atoms with Gasteiger partial charge >= 0.3 is 0 Å². The first-order valence-corrected chi connectivity index (χ1v) is 6.68. The summed E-state index contributed by atoms with van der Waals surface area (Å²) in [5.41, 5.74) is -0.145. The third kappa shape index (κ3) is 2.80. The maximum Gasteiger partial charge on any atom is 0.225 e. The number of nitrogens with zero attached hydrogens (tertiary/aromatic N) is 1. The summed E-state index contributed by atoms with van der Waals surface area (Å²) in [6.07, 6.45) is 6.09. The lowest BCUT2D eigenvalue weighted by Crippen LogP contribution is -2.50. The highest BCUT2D eigenvalue weighted by Crippen LogP contribution is 2.38. The van der Waals surface area contributed by atoms with Crippen LogP contribution in [0.25, 0.3) is 0 Å². The molecule has 1 aliphatic carbocycles. The van der Waals surface area contributed by atoms with Gasteiger partial charge in [-0.3, -0.25) is 4.79 Å². The van der Waals surface area contributed by atoms with Crippen molar-refractivity contribution in [2.75, 3.05) is 27.2 Å². The summed E-state index contributed by atoms with van der Waals surface area (Å²) in [5, 5.41) is 3.35. The van der Waals surface area contributed by atoms with Gasteiger partial charge in [0, 0.05) is 26.7 Å². The van der Waals surface area contributed by atoms with Crippen LogP contribution in [0.4, 0.5) is 0 Å². The Hall–Kier alpha value is -0.610. The summed E-state index contributed by atoms with van der Waals surface area (Å²) in [6, 6.07) is 0.366. The lowest BCUT2D eigenvalue weighted by molar-refractivity contribution is -0.145. The van der Waals surface area contributed by atoms with E-state index in [4.69, 9.17) is 4.74 Å². The molecule has 1 saturated carbocycles. The average molecular weight is 240 g/mol. The Morgan fingerprint density at radius 2 is 2.24 bits per heavy atom. The minimum absolute atomic E-state index is 0.145. The third-order valence-corrected chi connectivity index (χ3v) is 4.38. The Morgan fingerprint density at radius 3 is 2.71 bits per heavy atom. The molecule has 0 bridgehead atoms. The molecule has 1 saturated heterocycles. The molecule has 0 aromatic heterocycles. The van der Waals surface area contributed by atoms with E-state index in [1.807, 2.05) is 11.9 Å². The molecule has 2 rings (SSSR count). The van der Waals surface area contributed by atoms with Crippen molar-refractivity contribution in [1.82, 2.24) is 10.2 Å². The van der Waals surface area contributed by atoms with Gasteiger partial charge in [-0.25, -0.2) is 0 Å². The molecule has 98 valence electrons. The second-order valence-electron chi connectivity index (χ2n) is 5.42. The van der Waals surface area contributed by atoms with Crippen molar-refractivity contribution in [1.29, 1.82) is 0 Å². The molecule has 17 heavy (non-hydrogen) atoms. The Morgan fingerprint density at radius 1 is 1.47 bits per heavy atom. The second-order valence-corrected chi connectivity index (χ2v) is 5.42. The number of nitrogens with one attached hydrogen (secondary N) is 1. The molecule has 0 radical (unpaired) electrons. The Balaban J connectivity index is 1.85. The van der Waals surface area contributed by atoms with Crippen molar-refractivity contribution in [3.8, 4) is 0 Å². The normalized spacial score (nSPS) is 27.3. The van der Waals surface area contributed by atoms with Crippen LogP contribution in [0.2, 0.25) is 0 Å². The number of methoxy groups -OCH3 is 1. The molecule has 0 aromatic rings. The fourth-order valence-corrected chi connectivity index (χ4v) is 2.79. The van der Waals surface area contributed by atoms with E-state index < -0.39 is 0 Å². The second kappa shape index (κ2) is 5.36. The molecule has 1 aliphatic heterocycles. The molecule has 4 heteroatoms. The number of piperidine rings is 1. The Bertz CT molecular complexity index is 265. The van der Waals surface area contributed by atoms with Crippen LogP contribution in [0.5, 0.6) is 0 Å². The van der Waals surface area contributed by atoms with E-state index in [0.29, 0.717) is 12.5 Å². The van der Waals surface area contributed by atoms with Crippen LogP contribution in [0.1, 0.15) is 38.5 Å². The van der Waals surface area contributed by atoms with E-state index in [9.17, 15) is 4.79 Å². The van der Waals surface area contributed by atoms with Crippen LogP contribution in [0.3, 0.4) is 0 Å². The minimum atomic E-state index is -0.145. The quantitative estimate of drug-likeness (QED) is 0.801. The van der Waals surface area contributed by atoms with Gasteiger partial charge in [0.15, 0.2) is 0 Å². The number of amides is 1. The number of carbonyl (C=O) groups is 1. The highest BCUT2D eigenvalue weighted by atomic mass is 16.5. The van der Waals surface area contributed by atoms with Gasteiger partial charge in [-0.05, 0) is 38.6 Å². The number of rotatable bonds is 4. The first-order valence-electron chi connectivity index (χ1n) is 6.68. The average Bonchev–Trinajstić information content (AvgIpc) is 2.33. The van der Waals surface area contributed by atoms with Crippen LogP contribution in [0, 0.1) is 0 Å². The van der Waals surface area contributed by atoms with Crippen molar-refractivity contribution in [3.63, 3.8) is 0 Å². The highest BCUT2D eigenvalue weighted by molar-refractivity contribution is 5.77. The van der Waals surface area contributed by atoms with Gasteiger partial charge in [-0.1, -0.05) is 0 Å². The summed E-state index contributed by atoms with van der Waals surface area (Å²) in [4.78, 5) is 14.1. The molecule has 1 N–H and O–H groups in total. The van der Waals surface area contributed by atoms with Crippen LogP contribution in [-0.2, 0) is 9.53 Å². The van der Waals surface area contributed by atoms with Gasteiger partial charge in [0.2, 0.25) is 5.91 Å². The molecule has 4 nitrogen and oxygen atoms in total. The van der Waals surface area contributed by atoms with E-state index in [2.05, 4.69) is 5.32 Å². The highest BCUT2D eigenvalue weighted by Gasteiger charge is 2.40. The maximum atomic E-state index is 12.2. The van der Waals surface area contributed by atoms with Gasteiger partial charge < -0.3 is 15.0 Å². The number of carbonyl (C=O) groups excluding carboxylic acids is 1. The van der Waals surface area contributed by atoms with E-state index in [-0.39, 0.29) is 11.5 Å². The molecular formula is C13H24N2O2. The molecule has 1 heterocycles. The minimum Gasteiger partial charge on any atom is -0.378 e. The van der Waals surface area contributed by atoms with Crippen LogP contribution in [-0.4, -0.2) is 49.7 Å². The molecule has 1 unspecified atom stereocenters. The van der Waals surface area contributed by atoms with Crippen LogP contribution < -0.4 is 5.32 Å². The number of ether oxygens (including phenoxy) is 1. The zero-order valence-corrected chi connectivity index (χ0v) is 11.0. The summed E-state index contributed by atoms with van der Waals surface area (Å²) in [5.74, 6) is 0.236. The van der Waals surface area contributed by atoms with Crippen LogP contribution >= 0.6 is 0 Å². The fourth-order valence-electron chi connectivity index (χ4n) is 2.79. The molecule has 1 amide bonds. The SMILES string of the molecule is COC1(CC(=O)N(C)C2CCCNC2)CCC1. The van der Waals surface area contributed by atoms with Crippen molar-refractivity contribution >= 4 is 5.91 Å². The predicted molar refractivity (Wildman–Crippen MR) is 66.9 cm³/mol. The molecule has 0 spiro atoms. The van der Waals surface area contributed by atoms with E-state index in [1.54, 1.807) is 7.11 Å². The van der Waals surface area contributed by atoms with Gasteiger partial charge in [-0.15, -0.1) is 0 Å². The van der Waals surface area contributed by atoms with Crippen molar-refractivity contribution in [2.45, 2.75) is 50.2 Å². The maximum absolute atomic E-state index is 12.2. The van der Waals surface area contributed by atoms with E-state index in [0.717, 1.165) is 38.8 Å². The molecule has 2 fully saturated rings. The zero-order chi connectivity index (χ0) is 12.3. The molecule has 0 aromatic carbocycles. The topological polar surface area (TPSA) is 41.6 Å². The van der Waals surface area contributed by atoms with Crippen molar-refractivity contribution < 1.29 is 9.53 Å². The van der Waals surface area contributed by atoms with E-state index >= 15 is 0 Å². The lowest BCUT2D eigenvalue weighted by atomic mass is 9.77. The predicted octanol–water partition coefficient (Wildman–Crippen LogP) is 1.16. The smallest absolute Gasteiger partial charge is 0.225 e. The summed E-state index contributed by atoms with van der Waals surface area (Å²) >= 11 is 0. The summed E-state index contributed by atoms with van der Waals surface area (Å²) in [6.45, 7) is 2.02. The fraction of sp³-hybridized carbons (Fsp3) is 0.923. The van der Waals surface area contributed by atoms with E-state index in [1.165, 1.54) is 6.42 Å². The first-order chi connectivity index (χ1) is 8.17. The van der Waals surface area contributed by atoms with Gasteiger partial charge in [0.05, 0.1) is 12.0 Å². The molecule has 2 aliphatic rings. The van der Waals surface area contributed by atoms with Crippen molar-refractivity contribution in [3.05, 3.63) is 0 Å². The van der Waals surface area contributed by atoms with Gasteiger partial charge in [-0.2, -0.15) is 0 Å². The summed E-state index contributed by atoms with van der Waals surface area (Å²) in [7, 11) is 3.66. The number of hydrogen-bond acceptors (Lipinski definition) is 3. The van der Waals surface area contributed by atoms with Crippen molar-refractivity contribution in [2.24, 2.45) is 0 Å². The molecule has 1 atom stereocenters. The van der Waals surface area contributed by atoms with Crippen LogP contribution in [0.15, 0.2) is 0 Å². The molecular weight excluding hydrogens is 216 g/mol. The number of likely N-dealkylation sites (N-methyl/N-ethyl adjacent to an activating group) is 1.